The Morgan fingerprint density at radius 3 is 2.17 bits per heavy atom. The molecule has 0 amide bonds. The molecule has 0 N–H and O–H groups in total. The molecule has 1 fully saturated rings. The van der Waals surface area contributed by atoms with Gasteiger partial charge in [0.1, 0.15) is 5.02 Å². The normalized spacial score (nSPS) is 21.3. The fourth-order valence-corrected chi connectivity index (χ4v) is 2.06. The average Bonchev–Trinajstić information content (AvgIpc) is 2.44. The molecule has 18 heavy (non-hydrogen) atoms. The van der Waals surface area contributed by atoms with Crippen LogP contribution in [0.25, 0.3) is 0 Å². The van der Waals surface area contributed by atoms with Crippen LogP contribution in [0, 0.1) is 0 Å². The lowest BCUT2D eigenvalue weighted by molar-refractivity contribution is 0.00578. The summed E-state index contributed by atoms with van der Waals surface area (Å²) in [6, 6.07) is 1.60. The van der Waals surface area contributed by atoms with Gasteiger partial charge < -0.3 is 13.9 Å². The Balaban J connectivity index is 2.39. The van der Waals surface area contributed by atoms with E-state index in [4.69, 9.17) is 20.9 Å². The monoisotopic (exact) mass is 269 g/mol. The zero-order chi connectivity index (χ0) is 13.7. The number of hydrogen-bond acceptors (Lipinski definition) is 3. The average molecular weight is 270 g/mol. The minimum Gasteiger partial charge on any atom is -0.399 e. The molecule has 1 aromatic heterocycles. The second kappa shape index (κ2) is 4.12. The lowest BCUT2D eigenvalue weighted by atomic mass is 9.80. The summed E-state index contributed by atoms with van der Waals surface area (Å²) >= 11 is 5.90. The first kappa shape index (κ1) is 13.7. The molecule has 1 aromatic rings. The van der Waals surface area contributed by atoms with Crippen molar-refractivity contribution in [1.82, 2.24) is 4.57 Å². The fraction of sp³-hybridized carbons (Fsp3) is 0.583. The maximum Gasteiger partial charge on any atom is 0.496 e. The molecule has 6 heteroatoms. The molecule has 0 unspecified atom stereocenters. The zero-order valence-corrected chi connectivity index (χ0v) is 12.0. The lowest BCUT2D eigenvalue weighted by Crippen LogP contribution is -2.41. The summed E-state index contributed by atoms with van der Waals surface area (Å²) in [5, 5.41) is 0.171. The van der Waals surface area contributed by atoms with Gasteiger partial charge >= 0.3 is 7.12 Å². The predicted octanol–water partition coefficient (Wildman–Crippen LogP) is 1.34. The molecule has 2 rings (SSSR count). The molecular formula is C12H17BClNO3. The third kappa shape index (κ3) is 2.11. The van der Waals surface area contributed by atoms with Crippen molar-refractivity contribution < 1.29 is 9.31 Å². The number of aryl methyl sites for hydroxylation is 1. The minimum atomic E-state index is -0.501. The highest BCUT2D eigenvalue weighted by atomic mass is 35.5. The van der Waals surface area contributed by atoms with Crippen molar-refractivity contribution in [2.45, 2.75) is 38.9 Å². The Morgan fingerprint density at radius 2 is 1.72 bits per heavy atom. The Bertz CT molecular complexity index is 496. The van der Waals surface area contributed by atoms with Gasteiger partial charge in [0.2, 0.25) is 0 Å². The van der Waals surface area contributed by atoms with Gasteiger partial charge in [0.15, 0.2) is 0 Å². The largest absolute Gasteiger partial charge is 0.496 e. The van der Waals surface area contributed by atoms with Crippen molar-refractivity contribution in [2.24, 2.45) is 7.05 Å². The molecule has 1 aliphatic heterocycles. The predicted molar refractivity (Wildman–Crippen MR) is 72.4 cm³/mol. The van der Waals surface area contributed by atoms with Gasteiger partial charge in [-0.15, -0.1) is 0 Å². The van der Waals surface area contributed by atoms with Crippen molar-refractivity contribution in [3.05, 3.63) is 27.6 Å². The summed E-state index contributed by atoms with van der Waals surface area (Å²) in [5.74, 6) is 0. The molecule has 1 saturated heterocycles. The molecule has 0 bridgehead atoms. The molecule has 1 aliphatic rings. The van der Waals surface area contributed by atoms with Gasteiger partial charge in [0.25, 0.3) is 5.56 Å². The van der Waals surface area contributed by atoms with Crippen molar-refractivity contribution >= 4 is 24.2 Å². The van der Waals surface area contributed by atoms with Gasteiger partial charge in [-0.25, -0.2) is 0 Å². The van der Waals surface area contributed by atoms with E-state index in [9.17, 15) is 4.79 Å². The second-order valence-corrected chi connectivity index (χ2v) is 6.03. The summed E-state index contributed by atoms with van der Waals surface area (Å²) in [4.78, 5) is 11.5. The summed E-state index contributed by atoms with van der Waals surface area (Å²) in [7, 11) is 1.16. The van der Waals surface area contributed by atoms with Crippen LogP contribution in [-0.2, 0) is 16.4 Å². The van der Waals surface area contributed by atoms with E-state index < -0.39 is 18.3 Å². The van der Waals surface area contributed by atoms with Crippen LogP contribution in [0.4, 0.5) is 0 Å². The summed E-state index contributed by atoms with van der Waals surface area (Å²) in [5.41, 5.74) is -0.282. The van der Waals surface area contributed by atoms with Gasteiger partial charge in [0.05, 0.1) is 11.2 Å². The molecular weight excluding hydrogens is 252 g/mol. The maximum absolute atomic E-state index is 11.5. The molecule has 4 nitrogen and oxygen atoms in total. The van der Waals surface area contributed by atoms with Gasteiger partial charge in [-0.3, -0.25) is 4.79 Å². The van der Waals surface area contributed by atoms with E-state index in [0.717, 1.165) is 5.46 Å². The van der Waals surface area contributed by atoms with Crippen LogP contribution >= 0.6 is 11.6 Å². The maximum atomic E-state index is 11.5. The molecule has 0 aliphatic carbocycles. The van der Waals surface area contributed by atoms with E-state index in [1.165, 1.54) is 4.57 Å². The Morgan fingerprint density at radius 1 is 1.22 bits per heavy atom. The third-order valence-corrected chi connectivity index (χ3v) is 3.96. The highest BCUT2D eigenvalue weighted by molar-refractivity contribution is 6.62. The van der Waals surface area contributed by atoms with E-state index in [0.29, 0.717) is 0 Å². The summed E-state index contributed by atoms with van der Waals surface area (Å²) in [6.45, 7) is 7.93. The molecule has 0 atom stereocenters. The molecule has 2 heterocycles. The van der Waals surface area contributed by atoms with Crippen LogP contribution in [-0.4, -0.2) is 22.9 Å². The van der Waals surface area contributed by atoms with E-state index in [-0.39, 0.29) is 10.6 Å². The van der Waals surface area contributed by atoms with Crippen LogP contribution in [0.1, 0.15) is 27.7 Å². The number of rotatable bonds is 1. The Labute approximate surface area is 112 Å². The van der Waals surface area contributed by atoms with Crippen molar-refractivity contribution in [3.8, 4) is 0 Å². The first-order chi connectivity index (χ1) is 8.14. The third-order valence-electron chi connectivity index (χ3n) is 3.69. The molecule has 0 aromatic carbocycles. The quantitative estimate of drug-likeness (QED) is 0.722. The van der Waals surface area contributed by atoms with E-state index >= 15 is 0 Å². The first-order valence-electron chi connectivity index (χ1n) is 5.86. The number of nitrogens with zero attached hydrogens (tertiary/aromatic N) is 1. The van der Waals surface area contributed by atoms with Gasteiger partial charge in [0, 0.05) is 18.7 Å². The van der Waals surface area contributed by atoms with E-state index in [2.05, 4.69) is 0 Å². The zero-order valence-electron chi connectivity index (χ0n) is 11.3. The standard InChI is InChI=1S/C12H17BClNO3/c1-11(2)12(3,4)18-13(17-11)8-6-9(14)10(16)15(5)7-8/h6-7H,1-5H3. The fourth-order valence-electron chi connectivity index (χ4n) is 1.80. The van der Waals surface area contributed by atoms with E-state index in [1.54, 1.807) is 19.3 Å². The summed E-state index contributed by atoms with van der Waals surface area (Å²) < 4.78 is 13.2. The highest BCUT2D eigenvalue weighted by Gasteiger charge is 2.51. The highest BCUT2D eigenvalue weighted by Crippen LogP contribution is 2.36. The van der Waals surface area contributed by atoms with Crippen LogP contribution in [0.5, 0.6) is 0 Å². The van der Waals surface area contributed by atoms with Crippen molar-refractivity contribution in [2.75, 3.05) is 0 Å². The lowest BCUT2D eigenvalue weighted by Gasteiger charge is -2.32. The van der Waals surface area contributed by atoms with E-state index in [1.807, 2.05) is 27.7 Å². The van der Waals surface area contributed by atoms with Crippen LogP contribution in [0.3, 0.4) is 0 Å². The SMILES string of the molecule is Cn1cc(B2OC(C)(C)C(C)(C)O2)cc(Cl)c1=O. The Hall–Kier alpha value is -0.775. The topological polar surface area (TPSA) is 40.5 Å². The number of aromatic nitrogens is 1. The number of pyridine rings is 1. The van der Waals surface area contributed by atoms with Crippen LogP contribution < -0.4 is 11.0 Å². The molecule has 98 valence electrons. The first-order valence-corrected chi connectivity index (χ1v) is 6.23. The minimum absolute atomic E-state index is 0.171. The molecule has 0 spiro atoms. The van der Waals surface area contributed by atoms with Crippen molar-refractivity contribution in [1.29, 1.82) is 0 Å². The van der Waals surface area contributed by atoms with Crippen LogP contribution in [0.2, 0.25) is 5.02 Å². The second-order valence-electron chi connectivity index (χ2n) is 5.63. The Kier molecular flexibility index (Phi) is 3.12. The van der Waals surface area contributed by atoms with Crippen LogP contribution in [0.15, 0.2) is 17.1 Å². The van der Waals surface area contributed by atoms with Gasteiger partial charge in [-0.2, -0.15) is 0 Å². The molecule has 0 radical (unpaired) electrons. The van der Waals surface area contributed by atoms with Crippen molar-refractivity contribution in [3.63, 3.8) is 0 Å². The molecule has 0 saturated carbocycles. The summed E-state index contributed by atoms with van der Waals surface area (Å²) in [6.07, 6.45) is 1.69. The smallest absolute Gasteiger partial charge is 0.399 e. The number of halogens is 1. The van der Waals surface area contributed by atoms with Gasteiger partial charge in [-0.05, 0) is 33.8 Å². The van der Waals surface area contributed by atoms with Gasteiger partial charge in [-0.1, -0.05) is 11.6 Å². The number of hydrogen-bond donors (Lipinski definition) is 0.